The van der Waals surface area contributed by atoms with Crippen molar-refractivity contribution in [1.29, 1.82) is 0 Å². The number of terminal acetylenes is 3. The van der Waals surface area contributed by atoms with Crippen LogP contribution in [0.2, 0.25) is 0 Å². The van der Waals surface area contributed by atoms with Gasteiger partial charge in [0, 0.05) is 34.0 Å². The number of fused-ring (bicyclic) bond motifs is 2. The highest BCUT2D eigenvalue weighted by molar-refractivity contribution is 6.36. The lowest BCUT2D eigenvalue weighted by atomic mass is 10.1. The molecule has 0 radical (unpaired) electrons. The second-order valence-electron chi connectivity index (χ2n) is 9.99. The van der Waals surface area contributed by atoms with Gasteiger partial charge in [0.1, 0.15) is 5.75 Å². The van der Waals surface area contributed by atoms with Gasteiger partial charge in [0.05, 0.1) is 40.7 Å². The Kier molecular flexibility index (Phi) is 6.74. The van der Waals surface area contributed by atoms with Crippen LogP contribution >= 0.6 is 0 Å². The third-order valence-corrected chi connectivity index (χ3v) is 7.35. The SMILES string of the molecule is C#Cc1cc(NC(=O)c2cc(N3C(=O)c4ccc(C#C)cc4C3=O)cc(N3C(=O)c4ccc(C#C)cc4C3=O)c2)cc(OC)c1. The van der Waals surface area contributed by atoms with Crippen LogP contribution < -0.4 is 19.9 Å². The van der Waals surface area contributed by atoms with Crippen LogP contribution in [0, 0.1) is 37.0 Å². The van der Waals surface area contributed by atoms with Gasteiger partial charge in [-0.1, -0.05) is 17.8 Å². The number of methoxy groups -OCH3 is 1. The summed E-state index contributed by atoms with van der Waals surface area (Å²) >= 11 is 0. The summed E-state index contributed by atoms with van der Waals surface area (Å²) < 4.78 is 5.26. The second kappa shape index (κ2) is 10.7. The Morgan fingerprint density at radius 1 is 0.622 bits per heavy atom. The number of ether oxygens (including phenoxy) is 1. The second-order valence-corrected chi connectivity index (χ2v) is 9.99. The van der Waals surface area contributed by atoms with E-state index in [2.05, 4.69) is 23.1 Å². The number of imide groups is 2. The van der Waals surface area contributed by atoms with E-state index in [0.29, 0.717) is 28.1 Å². The van der Waals surface area contributed by atoms with Crippen molar-refractivity contribution in [3.63, 3.8) is 0 Å². The fourth-order valence-corrected chi connectivity index (χ4v) is 5.19. The maximum Gasteiger partial charge on any atom is 0.266 e. The molecule has 0 bridgehead atoms. The van der Waals surface area contributed by atoms with Crippen LogP contribution in [-0.2, 0) is 0 Å². The molecule has 0 aliphatic carbocycles. The molecule has 0 fully saturated rings. The zero-order valence-corrected chi connectivity index (χ0v) is 23.5. The Balaban J connectivity index is 1.47. The monoisotopic (exact) mass is 589 g/mol. The van der Waals surface area contributed by atoms with Gasteiger partial charge in [-0.2, -0.15) is 0 Å². The molecular formula is C36H19N3O6. The normalized spacial score (nSPS) is 13.1. The van der Waals surface area contributed by atoms with E-state index in [-0.39, 0.29) is 39.2 Å². The van der Waals surface area contributed by atoms with Gasteiger partial charge in [0.25, 0.3) is 29.5 Å². The van der Waals surface area contributed by atoms with Gasteiger partial charge in [-0.3, -0.25) is 24.0 Å². The first-order valence-corrected chi connectivity index (χ1v) is 13.3. The number of carbonyl (C=O) groups excluding carboxylic acids is 5. The number of benzene rings is 4. The standard InChI is InChI=1S/C36H19N3O6/c1-5-20-8-10-28-30(14-20)35(43)38(33(28)41)25-16-23(32(40)37-24-12-22(7-3)13-27(18-24)45-4)17-26(19-25)39-34(42)29-11-9-21(6-2)15-31(29)36(39)44/h1-3,8-19H,4H3,(H,37,40). The van der Waals surface area contributed by atoms with Crippen molar-refractivity contribution in [2.45, 2.75) is 0 Å². The van der Waals surface area contributed by atoms with E-state index < -0.39 is 29.5 Å². The topological polar surface area (TPSA) is 113 Å². The van der Waals surface area contributed by atoms with Crippen LogP contribution in [-0.4, -0.2) is 36.6 Å². The van der Waals surface area contributed by atoms with Crippen LogP contribution in [0.3, 0.4) is 0 Å². The van der Waals surface area contributed by atoms with Gasteiger partial charge in [0.15, 0.2) is 0 Å². The number of rotatable bonds is 5. The Morgan fingerprint density at radius 2 is 1.11 bits per heavy atom. The van der Waals surface area contributed by atoms with Crippen LogP contribution in [0.4, 0.5) is 17.1 Å². The van der Waals surface area contributed by atoms with Gasteiger partial charge in [-0.05, 0) is 66.7 Å². The first kappa shape index (κ1) is 28.2. The molecule has 4 aromatic carbocycles. The van der Waals surface area contributed by atoms with E-state index in [1.807, 2.05) is 0 Å². The van der Waals surface area contributed by atoms with Crippen LogP contribution in [0.25, 0.3) is 0 Å². The first-order valence-electron chi connectivity index (χ1n) is 13.3. The molecule has 9 heteroatoms. The summed E-state index contributed by atoms with van der Waals surface area (Å²) in [5, 5.41) is 2.72. The lowest BCUT2D eigenvalue weighted by molar-refractivity contribution is 0.0912. The molecule has 0 spiro atoms. The maximum absolute atomic E-state index is 13.7. The number of amides is 5. The lowest BCUT2D eigenvalue weighted by Gasteiger charge is -2.20. The van der Waals surface area contributed by atoms with Gasteiger partial charge in [-0.25, -0.2) is 9.80 Å². The van der Waals surface area contributed by atoms with Crippen molar-refractivity contribution in [1.82, 2.24) is 0 Å². The quantitative estimate of drug-likeness (QED) is 0.271. The fraction of sp³-hybridized carbons (Fsp3) is 0.0278. The zero-order chi connectivity index (χ0) is 32.0. The number of nitrogens with one attached hydrogen (secondary N) is 1. The van der Waals surface area contributed by atoms with Gasteiger partial charge in [0.2, 0.25) is 0 Å². The lowest BCUT2D eigenvalue weighted by Crippen LogP contribution is -2.32. The molecule has 214 valence electrons. The molecule has 0 saturated carbocycles. The first-order chi connectivity index (χ1) is 21.7. The van der Waals surface area contributed by atoms with E-state index in [1.54, 1.807) is 18.2 Å². The number of hydrogen-bond acceptors (Lipinski definition) is 6. The summed E-state index contributed by atoms with van der Waals surface area (Å²) in [5.41, 5.74) is 1.71. The molecule has 2 aliphatic rings. The number of hydrogen-bond donors (Lipinski definition) is 1. The molecule has 4 aromatic rings. The van der Waals surface area contributed by atoms with Crippen LogP contribution in [0.5, 0.6) is 5.75 Å². The summed E-state index contributed by atoms with van der Waals surface area (Å²) in [5.74, 6) is 4.33. The van der Waals surface area contributed by atoms with E-state index >= 15 is 0 Å². The van der Waals surface area contributed by atoms with Crippen molar-refractivity contribution in [2.24, 2.45) is 0 Å². The molecule has 0 saturated heterocycles. The van der Waals surface area contributed by atoms with Crippen molar-refractivity contribution >= 4 is 46.6 Å². The highest BCUT2D eigenvalue weighted by Crippen LogP contribution is 2.36. The van der Waals surface area contributed by atoms with Gasteiger partial charge >= 0.3 is 0 Å². The van der Waals surface area contributed by atoms with Crippen LogP contribution in [0.15, 0.2) is 72.8 Å². The fourth-order valence-electron chi connectivity index (χ4n) is 5.19. The third kappa shape index (κ3) is 4.66. The number of nitrogens with zero attached hydrogens (tertiary/aromatic N) is 2. The molecule has 0 aromatic heterocycles. The third-order valence-electron chi connectivity index (χ3n) is 7.35. The summed E-state index contributed by atoms with van der Waals surface area (Å²) in [6, 6.07) is 17.4. The van der Waals surface area contributed by atoms with Gasteiger partial charge in [-0.15, -0.1) is 19.3 Å². The van der Waals surface area contributed by atoms with Crippen molar-refractivity contribution in [3.05, 3.63) is 117 Å². The Bertz CT molecular complexity index is 2060. The molecule has 0 atom stereocenters. The van der Waals surface area contributed by atoms with Crippen molar-refractivity contribution in [3.8, 4) is 42.8 Å². The van der Waals surface area contributed by atoms with E-state index in [0.717, 1.165) is 9.80 Å². The summed E-state index contributed by atoms with van der Waals surface area (Å²) in [6.45, 7) is 0. The highest BCUT2D eigenvalue weighted by Gasteiger charge is 2.40. The number of anilines is 3. The molecule has 2 aliphatic heterocycles. The highest BCUT2D eigenvalue weighted by atomic mass is 16.5. The number of carbonyl (C=O) groups is 5. The van der Waals surface area contributed by atoms with Crippen LogP contribution in [0.1, 0.15) is 68.5 Å². The minimum Gasteiger partial charge on any atom is -0.497 e. The predicted octanol–water partition coefficient (Wildman–Crippen LogP) is 4.49. The summed E-state index contributed by atoms with van der Waals surface area (Å²) in [6.07, 6.45) is 16.5. The summed E-state index contributed by atoms with van der Waals surface area (Å²) in [4.78, 5) is 69.4. The van der Waals surface area contributed by atoms with Gasteiger partial charge < -0.3 is 10.1 Å². The molecule has 5 amide bonds. The maximum atomic E-state index is 13.7. The zero-order valence-electron chi connectivity index (χ0n) is 23.5. The molecular weight excluding hydrogens is 570 g/mol. The predicted molar refractivity (Wildman–Crippen MR) is 166 cm³/mol. The Morgan fingerprint density at radius 3 is 1.58 bits per heavy atom. The molecule has 2 heterocycles. The minimum absolute atomic E-state index is 0.0538. The molecule has 1 N–H and O–H groups in total. The molecule has 6 rings (SSSR count). The smallest absolute Gasteiger partial charge is 0.266 e. The Labute approximate surface area is 257 Å². The molecule has 0 unspecified atom stereocenters. The van der Waals surface area contributed by atoms with E-state index in [9.17, 15) is 24.0 Å². The van der Waals surface area contributed by atoms with Crippen molar-refractivity contribution < 1.29 is 28.7 Å². The molecule has 45 heavy (non-hydrogen) atoms. The Hall–Kier alpha value is -6.89. The average Bonchev–Trinajstić information content (AvgIpc) is 3.46. The van der Waals surface area contributed by atoms with E-state index in [4.69, 9.17) is 24.0 Å². The summed E-state index contributed by atoms with van der Waals surface area (Å²) in [7, 11) is 1.44. The van der Waals surface area contributed by atoms with Crippen molar-refractivity contribution in [2.75, 3.05) is 22.2 Å². The largest absolute Gasteiger partial charge is 0.497 e. The average molecular weight is 590 g/mol. The minimum atomic E-state index is -0.692. The van der Waals surface area contributed by atoms with E-state index in [1.165, 1.54) is 61.7 Å². The molecule has 9 nitrogen and oxygen atoms in total.